The van der Waals surface area contributed by atoms with Crippen LogP contribution in [0.25, 0.3) is 10.9 Å². The molecule has 2 rings (SSSR count). The maximum absolute atomic E-state index is 12.3. The molecule has 134 valence electrons. The van der Waals surface area contributed by atoms with Gasteiger partial charge in [0.05, 0.1) is 10.9 Å². The van der Waals surface area contributed by atoms with Crippen molar-refractivity contribution in [3.8, 4) is 0 Å². The summed E-state index contributed by atoms with van der Waals surface area (Å²) in [7, 11) is 0. The lowest BCUT2D eigenvalue weighted by Crippen LogP contribution is -2.41. The van der Waals surface area contributed by atoms with Gasteiger partial charge in [0.1, 0.15) is 6.04 Å². The third kappa shape index (κ3) is 3.96. The van der Waals surface area contributed by atoms with Crippen LogP contribution in [0, 0.1) is 5.92 Å². The lowest BCUT2D eigenvalue weighted by Gasteiger charge is -2.16. The summed E-state index contributed by atoms with van der Waals surface area (Å²) in [5.41, 5.74) is -0.577. The van der Waals surface area contributed by atoms with Gasteiger partial charge < -0.3 is 15.4 Å². The summed E-state index contributed by atoms with van der Waals surface area (Å²) in [6.07, 6.45) is 0.298. The minimum absolute atomic E-state index is 0.0990. The van der Waals surface area contributed by atoms with Gasteiger partial charge in [0.15, 0.2) is 0 Å². The minimum atomic E-state index is -1.11. The van der Waals surface area contributed by atoms with Crippen molar-refractivity contribution in [3.05, 3.63) is 44.6 Å². The number of hydrogen-bond donors (Lipinski definition) is 3. The van der Waals surface area contributed by atoms with Crippen LogP contribution in [0.2, 0.25) is 0 Å². The molecule has 1 amide bonds. The largest absolute Gasteiger partial charge is 0.480 e. The van der Waals surface area contributed by atoms with Gasteiger partial charge in [-0.05, 0) is 37.5 Å². The third-order valence-electron chi connectivity index (χ3n) is 3.87. The van der Waals surface area contributed by atoms with E-state index in [-0.39, 0.29) is 28.9 Å². The second-order valence-corrected chi connectivity index (χ2v) is 6.23. The summed E-state index contributed by atoms with van der Waals surface area (Å²) < 4.78 is 1.06. The van der Waals surface area contributed by atoms with Crippen LogP contribution >= 0.6 is 0 Å². The SMILES string of the molecule is CCn1c(=O)[nH]c2cc(C(=O)N[C@@H](CC(C)C)C(=O)O)ccc2c1=O. The summed E-state index contributed by atoms with van der Waals surface area (Å²) in [5.74, 6) is -1.58. The van der Waals surface area contributed by atoms with E-state index in [2.05, 4.69) is 10.3 Å². The third-order valence-corrected chi connectivity index (χ3v) is 3.87. The van der Waals surface area contributed by atoms with E-state index in [0.29, 0.717) is 6.42 Å². The summed E-state index contributed by atoms with van der Waals surface area (Å²) >= 11 is 0. The average Bonchev–Trinajstić information content (AvgIpc) is 2.53. The Balaban J connectivity index is 2.38. The Kier molecular flexibility index (Phi) is 5.41. The number of benzene rings is 1. The van der Waals surface area contributed by atoms with Gasteiger partial charge in [-0.15, -0.1) is 0 Å². The normalized spacial score (nSPS) is 12.3. The van der Waals surface area contributed by atoms with E-state index in [9.17, 15) is 24.3 Å². The van der Waals surface area contributed by atoms with Gasteiger partial charge in [-0.2, -0.15) is 0 Å². The topological polar surface area (TPSA) is 121 Å². The molecule has 0 fully saturated rings. The molecule has 0 bridgehead atoms. The quantitative estimate of drug-likeness (QED) is 0.718. The van der Waals surface area contributed by atoms with E-state index < -0.39 is 29.2 Å². The Morgan fingerprint density at radius 1 is 1.28 bits per heavy atom. The first-order chi connectivity index (χ1) is 11.7. The molecule has 0 saturated heterocycles. The Morgan fingerprint density at radius 2 is 1.96 bits per heavy atom. The number of carboxylic acid groups (broad SMARTS) is 1. The number of carboxylic acids is 1. The van der Waals surface area contributed by atoms with Crippen molar-refractivity contribution >= 4 is 22.8 Å². The van der Waals surface area contributed by atoms with Crippen LogP contribution in [0.4, 0.5) is 0 Å². The van der Waals surface area contributed by atoms with Crippen LogP contribution in [-0.2, 0) is 11.3 Å². The zero-order chi connectivity index (χ0) is 18.7. The number of carbonyl (C=O) groups is 2. The highest BCUT2D eigenvalue weighted by molar-refractivity contribution is 5.99. The summed E-state index contributed by atoms with van der Waals surface area (Å²) in [4.78, 5) is 50.3. The number of aromatic amines is 1. The molecule has 25 heavy (non-hydrogen) atoms. The van der Waals surface area contributed by atoms with Gasteiger partial charge in [0.25, 0.3) is 11.5 Å². The van der Waals surface area contributed by atoms with E-state index in [1.54, 1.807) is 6.92 Å². The number of rotatable bonds is 6. The highest BCUT2D eigenvalue weighted by Crippen LogP contribution is 2.11. The number of hydrogen-bond acceptors (Lipinski definition) is 4. The number of carbonyl (C=O) groups excluding carboxylic acids is 1. The summed E-state index contributed by atoms with van der Waals surface area (Å²) in [5, 5.41) is 12.0. The highest BCUT2D eigenvalue weighted by Gasteiger charge is 2.22. The molecule has 1 aromatic carbocycles. The first kappa shape index (κ1) is 18.4. The molecule has 2 aromatic rings. The van der Waals surface area contributed by atoms with Gasteiger partial charge in [0.2, 0.25) is 0 Å². The number of nitrogens with zero attached hydrogens (tertiary/aromatic N) is 1. The molecular formula is C17H21N3O5. The lowest BCUT2D eigenvalue weighted by atomic mass is 10.0. The zero-order valence-electron chi connectivity index (χ0n) is 14.3. The Labute approximate surface area is 143 Å². The van der Waals surface area contributed by atoms with Crippen molar-refractivity contribution in [3.63, 3.8) is 0 Å². The monoisotopic (exact) mass is 347 g/mol. The number of nitrogens with one attached hydrogen (secondary N) is 2. The van der Waals surface area contributed by atoms with Crippen LogP contribution in [0.3, 0.4) is 0 Å². The van der Waals surface area contributed by atoms with Crippen LogP contribution in [0.1, 0.15) is 37.6 Å². The molecule has 0 spiro atoms. The van der Waals surface area contributed by atoms with Gasteiger partial charge in [0, 0.05) is 12.1 Å². The molecule has 1 aromatic heterocycles. The molecule has 8 nitrogen and oxygen atoms in total. The van der Waals surface area contributed by atoms with Crippen molar-refractivity contribution < 1.29 is 14.7 Å². The maximum atomic E-state index is 12.3. The van der Waals surface area contributed by atoms with E-state index in [1.165, 1.54) is 18.2 Å². The molecule has 0 unspecified atom stereocenters. The first-order valence-corrected chi connectivity index (χ1v) is 8.05. The Bertz CT molecular complexity index is 926. The van der Waals surface area contributed by atoms with Crippen molar-refractivity contribution in [1.29, 1.82) is 0 Å². The van der Waals surface area contributed by atoms with Gasteiger partial charge >= 0.3 is 11.7 Å². The molecule has 0 aliphatic carbocycles. The highest BCUT2D eigenvalue weighted by atomic mass is 16.4. The fourth-order valence-electron chi connectivity index (χ4n) is 2.62. The van der Waals surface area contributed by atoms with Gasteiger partial charge in [-0.3, -0.25) is 14.2 Å². The van der Waals surface area contributed by atoms with Crippen molar-refractivity contribution in [2.24, 2.45) is 5.92 Å². The lowest BCUT2D eigenvalue weighted by molar-refractivity contribution is -0.139. The molecule has 0 radical (unpaired) electrons. The molecule has 1 atom stereocenters. The molecule has 8 heteroatoms. The van der Waals surface area contributed by atoms with Crippen molar-refractivity contribution in [1.82, 2.24) is 14.9 Å². The standard InChI is InChI=1S/C17H21N3O5/c1-4-20-15(22)11-6-5-10(8-12(11)19-17(20)25)14(21)18-13(16(23)24)7-9(2)3/h5-6,8-9,13H,4,7H2,1-3H3,(H,18,21)(H,19,25)(H,23,24)/t13-/m0/s1. The van der Waals surface area contributed by atoms with Gasteiger partial charge in [-0.25, -0.2) is 9.59 Å². The van der Waals surface area contributed by atoms with Gasteiger partial charge in [-0.1, -0.05) is 13.8 Å². The minimum Gasteiger partial charge on any atom is -0.480 e. The number of H-pyrrole nitrogens is 1. The number of fused-ring (bicyclic) bond motifs is 1. The van der Waals surface area contributed by atoms with Crippen molar-refractivity contribution in [2.45, 2.75) is 39.8 Å². The fourth-order valence-corrected chi connectivity index (χ4v) is 2.62. The maximum Gasteiger partial charge on any atom is 0.328 e. The molecule has 0 aliphatic rings. The second kappa shape index (κ2) is 7.33. The molecule has 0 aliphatic heterocycles. The molecule has 0 saturated carbocycles. The number of aromatic nitrogens is 2. The van der Waals surface area contributed by atoms with Crippen LogP contribution < -0.4 is 16.6 Å². The van der Waals surface area contributed by atoms with Crippen LogP contribution in [0.15, 0.2) is 27.8 Å². The number of amides is 1. The van der Waals surface area contributed by atoms with Crippen LogP contribution in [-0.4, -0.2) is 32.6 Å². The van der Waals surface area contributed by atoms with Crippen molar-refractivity contribution in [2.75, 3.05) is 0 Å². The second-order valence-electron chi connectivity index (χ2n) is 6.23. The predicted molar refractivity (Wildman–Crippen MR) is 92.8 cm³/mol. The van der Waals surface area contributed by atoms with E-state index in [0.717, 1.165) is 4.57 Å². The fraction of sp³-hybridized carbons (Fsp3) is 0.412. The molecule has 1 heterocycles. The summed E-state index contributed by atoms with van der Waals surface area (Å²) in [6, 6.07) is 3.26. The predicted octanol–water partition coefficient (Wildman–Crippen LogP) is 0.939. The number of aliphatic carboxylic acids is 1. The average molecular weight is 347 g/mol. The first-order valence-electron chi connectivity index (χ1n) is 8.05. The van der Waals surface area contributed by atoms with Crippen LogP contribution in [0.5, 0.6) is 0 Å². The smallest absolute Gasteiger partial charge is 0.328 e. The summed E-state index contributed by atoms with van der Waals surface area (Å²) in [6.45, 7) is 5.65. The zero-order valence-corrected chi connectivity index (χ0v) is 14.3. The Hall–Kier alpha value is -2.90. The van der Waals surface area contributed by atoms with E-state index >= 15 is 0 Å². The Morgan fingerprint density at radius 3 is 2.52 bits per heavy atom. The molecular weight excluding hydrogens is 326 g/mol. The molecule has 3 N–H and O–H groups in total. The van der Waals surface area contributed by atoms with E-state index in [1.807, 2.05) is 13.8 Å². The van der Waals surface area contributed by atoms with E-state index in [4.69, 9.17) is 0 Å².